The molecule has 2 aromatic rings. The maximum atomic E-state index is 11.4. The first-order valence-electron chi connectivity index (χ1n) is 11.4. The molecule has 2 aromatic carbocycles. The number of aromatic carboxylic acids is 1. The second kappa shape index (κ2) is 7.85. The molecule has 0 saturated heterocycles. The summed E-state index contributed by atoms with van der Waals surface area (Å²) >= 11 is 0. The fourth-order valence-corrected chi connectivity index (χ4v) is 5.81. The maximum absolute atomic E-state index is 11.4. The van der Waals surface area contributed by atoms with Crippen molar-refractivity contribution >= 4 is 23.1 Å². The highest BCUT2D eigenvalue weighted by Gasteiger charge is 2.45. The number of aryl methyl sites for hydroxylation is 2. The minimum Gasteiger partial charge on any atom is -0.478 e. The van der Waals surface area contributed by atoms with Crippen LogP contribution in [-0.4, -0.2) is 22.8 Å². The lowest BCUT2D eigenvalue weighted by Crippen LogP contribution is -2.40. The normalized spacial score (nSPS) is 22.6. The number of rotatable bonds is 4. The molecule has 2 aliphatic carbocycles. The summed E-state index contributed by atoms with van der Waals surface area (Å²) in [6.45, 7) is 9.54. The van der Waals surface area contributed by atoms with Crippen molar-refractivity contribution in [1.82, 2.24) is 0 Å². The molecule has 2 atom stereocenters. The van der Waals surface area contributed by atoms with Crippen LogP contribution in [0.4, 0.5) is 11.4 Å². The summed E-state index contributed by atoms with van der Waals surface area (Å²) in [7, 11) is 0. The van der Waals surface area contributed by atoms with E-state index in [4.69, 9.17) is 11.7 Å². The van der Waals surface area contributed by atoms with E-state index < -0.39 is 5.97 Å². The lowest BCUT2D eigenvalue weighted by molar-refractivity contribution is 0.0696. The van der Waals surface area contributed by atoms with Gasteiger partial charge >= 0.3 is 5.97 Å². The van der Waals surface area contributed by atoms with Crippen LogP contribution in [0.1, 0.15) is 66.1 Å². The van der Waals surface area contributed by atoms with Crippen LogP contribution < -0.4 is 5.01 Å². The third-order valence-electron chi connectivity index (χ3n) is 7.33. The number of anilines is 1. The molecular formula is C26H27N3O2. The maximum Gasteiger partial charge on any atom is 0.335 e. The average Bonchev–Trinajstić information content (AvgIpc) is 3.45. The van der Waals surface area contributed by atoms with Gasteiger partial charge in [0.05, 0.1) is 29.6 Å². The zero-order valence-electron chi connectivity index (χ0n) is 17.8. The van der Waals surface area contributed by atoms with Crippen molar-refractivity contribution in [3.05, 3.63) is 70.1 Å². The Hall–Kier alpha value is -3.13. The smallest absolute Gasteiger partial charge is 0.335 e. The van der Waals surface area contributed by atoms with Crippen molar-refractivity contribution in [2.45, 2.75) is 57.9 Å². The minimum atomic E-state index is -0.879. The van der Waals surface area contributed by atoms with Gasteiger partial charge in [-0.25, -0.2) is 9.64 Å². The summed E-state index contributed by atoms with van der Waals surface area (Å²) in [6, 6.07) is 12.0. The van der Waals surface area contributed by atoms with Gasteiger partial charge in [-0.15, -0.1) is 0 Å². The Labute approximate surface area is 183 Å². The van der Waals surface area contributed by atoms with Crippen LogP contribution in [0.5, 0.6) is 0 Å². The van der Waals surface area contributed by atoms with Gasteiger partial charge in [0.1, 0.15) is 0 Å². The predicted octanol–water partition coefficient (Wildman–Crippen LogP) is 5.84. The number of hydrazone groups is 1. The minimum absolute atomic E-state index is 0.341. The summed E-state index contributed by atoms with van der Waals surface area (Å²) in [4.78, 5) is 15.1. The van der Waals surface area contributed by atoms with Crippen molar-refractivity contribution in [2.24, 2.45) is 16.9 Å². The molecule has 5 nitrogen and oxygen atoms in total. The number of fused-ring (bicyclic) bond motifs is 3. The van der Waals surface area contributed by atoms with Gasteiger partial charge in [0.15, 0.2) is 5.69 Å². The molecular weight excluding hydrogens is 386 g/mol. The van der Waals surface area contributed by atoms with E-state index in [1.54, 1.807) is 6.07 Å². The molecule has 2 unspecified atom stereocenters. The molecule has 3 aliphatic rings. The molecule has 1 heterocycles. The molecule has 0 bridgehead atoms. The molecule has 5 rings (SSSR count). The molecule has 1 aliphatic heterocycles. The lowest BCUT2D eigenvalue weighted by Gasteiger charge is -2.34. The fraction of sp³-hybridized carbons (Fsp3) is 0.423. The monoisotopic (exact) mass is 413 g/mol. The van der Waals surface area contributed by atoms with Crippen molar-refractivity contribution in [3.63, 3.8) is 0 Å². The third kappa shape index (κ3) is 3.31. The van der Waals surface area contributed by atoms with Crippen molar-refractivity contribution in [2.75, 3.05) is 5.01 Å². The second-order valence-corrected chi connectivity index (χ2v) is 8.97. The Bertz CT molecular complexity index is 1110. The van der Waals surface area contributed by atoms with Gasteiger partial charge in [-0.2, -0.15) is 5.10 Å². The summed E-state index contributed by atoms with van der Waals surface area (Å²) in [6.07, 6.45) is 7.78. The number of carboxylic acid groups (broad SMARTS) is 1. The number of carbonyl (C=O) groups is 1. The quantitative estimate of drug-likeness (QED) is 0.640. The van der Waals surface area contributed by atoms with Gasteiger partial charge in [0, 0.05) is 11.5 Å². The molecule has 31 heavy (non-hydrogen) atoms. The van der Waals surface area contributed by atoms with E-state index >= 15 is 0 Å². The molecule has 5 heteroatoms. The van der Waals surface area contributed by atoms with Crippen LogP contribution in [-0.2, 0) is 12.8 Å². The highest BCUT2D eigenvalue weighted by molar-refractivity contribution is 6.07. The number of hydrogen-bond donors (Lipinski definition) is 1. The topological polar surface area (TPSA) is 57.3 Å². The summed E-state index contributed by atoms with van der Waals surface area (Å²) in [5.41, 5.74) is 6.54. The second-order valence-electron chi connectivity index (χ2n) is 8.97. The van der Waals surface area contributed by atoms with E-state index in [1.165, 1.54) is 25.7 Å². The highest BCUT2D eigenvalue weighted by atomic mass is 16.4. The summed E-state index contributed by atoms with van der Waals surface area (Å²) in [5.74, 6) is 0.115. The molecule has 1 N–H and O–H groups in total. The van der Waals surface area contributed by atoms with Gasteiger partial charge < -0.3 is 5.11 Å². The van der Waals surface area contributed by atoms with Gasteiger partial charge in [-0.3, -0.25) is 5.01 Å². The van der Waals surface area contributed by atoms with E-state index in [1.807, 2.05) is 24.3 Å². The zero-order chi connectivity index (χ0) is 21.5. The van der Waals surface area contributed by atoms with Gasteiger partial charge in [-0.1, -0.05) is 31.9 Å². The molecule has 158 valence electrons. The van der Waals surface area contributed by atoms with Crippen LogP contribution in [0, 0.1) is 18.4 Å². The summed E-state index contributed by atoms with van der Waals surface area (Å²) < 4.78 is 0. The standard InChI is InChI=1S/C26H27N3O2/c1-3-16-15-20(10-13-23(16)27-2)29-25(17-6-4-5-7-17)22-12-8-18-14-19(26(30)31)9-11-21(18)24(22)28-29/h9-11,13-15,17,22,25H,3-8,12H2,1H3,(H,30,31). The molecule has 0 radical (unpaired) electrons. The summed E-state index contributed by atoms with van der Waals surface area (Å²) in [5, 5.41) is 16.8. The van der Waals surface area contributed by atoms with Crippen LogP contribution in [0.2, 0.25) is 0 Å². The van der Waals surface area contributed by atoms with E-state index in [0.29, 0.717) is 23.4 Å². The molecule has 0 amide bonds. The van der Waals surface area contributed by atoms with Gasteiger partial charge in [-0.05, 0) is 73.4 Å². The van der Waals surface area contributed by atoms with E-state index in [2.05, 4.69) is 22.8 Å². The fourth-order valence-electron chi connectivity index (χ4n) is 5.81. The number of benzene rings is 2. The van der Waals surface area contributed by atoms with Crippen molar-refractivity contribution < 1.29 is 9.90 Å². The Kier molecular flexibility index (Phi) is 5.02. The van der Waals surface area contributed by atoms with Crippen LogP contribution in [0.3, 0.4) is 0 Å². The SMILES string of the molecule is [C-]#[N+]c1ccc(N2N=C3c4ccc(C(=O)O)cc4CCC3C2C2CCCC2)cc1CC. The first kappa shape index (κ1) is 19.8. The van der Waals surface area contributed by atoms with Gasteiger partial charge in [0.2, 0.25) is 0 Å². The Morgan fingerprint density at radius 3 is 2.71 bits per heavy atom. The molecule has 0 aromatic heterocycles. The lowest BCUT2D eigenvalue weighted by atomic mass is 9.75. The zero-order valence-corrected chi connectivity index (χ0v) is 17.8. The third-order valence-corrected chi connectivity index (χ3v) is 7.33. The van der Waals surface area contributed by atoms with Gasteiger partial charge in [0.25, 0.3) is 0 Å². The first-order valence-corrected chi connectivity index (χ1v) is 11.4. The number of nitrogens with zero attached hydrogens (tertiary/aromatic N) is 3. The van der Waals surface area contributed by atoms with Crippen LogP contribution >= 0.6 is 0 Å². The van der Waals surface area contributed by atoms with E-state index in [0.717, 1.165) is 53.0 Å². The van der Waals surface area contributed by atoms with Crippen LogP contribution in [0.25, 0.3) is 4.85 Å². The Morgan fingerprint density at radius 1 is 1.19 bits per heavy atom. The largest absolute Gasteiger partial charge is 0.478 e. The van der Waals surface area contributed by atoms with E-state index in [-0.39, 0.29) is 0 Å². The van der Waals surface area contributed by atoms with E-state index in [9.17, 15) is 9.90 Å². The van der Waals surface area contributed by atoms with Crippen LogP contribution in [0.15, 0.2) is 41.5 Å². The average molecular weight is 414 g/mol. The Morgan fingerprint density at radius 2 is 2.00 bits per heavy atom. The Balaban J connectivity index is 1.59. The highest BCUT2D eigenvalue weighted by Crippen LogP contribution is 2.45. The number of carboxylic acids is 1. The molecule has 0 spiro atoms. The van der Waals surface area contributed by atoms with Crippen molar-refractivity contribution in [1.29, 1.82) is 0 Å². The first-order chi connectivity index (χ1) is 15.1. The molecule has 1 fully saturated rings. The molecule has 1 saturated carbocycles. The van der Waals surface area contributed by atoms with Crippen molar-refractivity contribution in [3.8, 4) is 0 Å². The predicted molar refractivity (Wildman–Crippen MR) is 122 cm³/mol. The number of hydrogen-bond acceptors (Lipinski definition) is 3.